The van der Waals surface area contributed by atoms with Gasteiger partial charge in [0.1, 0.15) is 12.4 Å². The molecule has 3 heteroatoms. The molecule has 20 heavy (non-hydrogen) atoms. The molecule has 2 aromatic carbocycles. The number of rotatable bonds is 6. The van der Waals surface area contributed by atoms with Crippen LogP contribution < -0.4 is 10.5 Å². The number of nitrogens with two attached hydrogens (primary N) is 1. The molecule has 0 heterocycles. The van der Waals surface area contributed by atoms with Crippen molar-refractivity contribution in [2.24, 2.45) is 5.73 Å². The molecule has 2 N–H and O–H groups in total. The Morgan fingerprint density at radius 3 is 2.30 bits per heavy atom. The van der Waals surface area contributed by atoms with Crippen LogP contribution in [0.1, 0.15) is 18.1 Å². The van der Waals surface area contributed by atoms with Gasteiger partial charge in [-0.2, -0.15) is 0 Å². The van der Waals surface area contributed by atoms with E-state index in [2.05, 4.69) is 0 Å². The van der Waals surface area contributed by atoms with Crippen LogP contribution in [-0.4, -0.2) is 20.3 Å². The lowest BCUT2D eigenvalue weighted by Gasteiger charge is -2.28. The summed E-state index contributed by atoms with van der Waals surface area (Å²) in [6.45, 7) is 3.07. The second-order valence-corrected chi connectivity index (χ2v) is 4.91. The summed E-state index contributed by atoms with van der Waals surface area (Å²) in [5.41, 5.74) is 7.99. The third-order valence-electron chi connectivity index (χ3n) is 3.37. The molecular weight excluding hydrogens is 250 g/mol. The molecule has 2 aromatic rings. The summed E-state index contributed by atoms with van der Waals surface area (Å²) in [7, 11) is 1.66. The van der Waals surface area contributed by atoms with Crippen molar-refractivity contribution in [2.75, 3.05) is 20.3 Å². The van der Waals surface area contributed by atoms with E-state index < -0.39 is 5.54 Å². The Bertz CT molecular complexity index is 538. The van der Waals surface area contributed by atoms with Gasteiger partial charge >= 0.3 is 0 Å². The molecule has 1 unspecified atom stereocenters. The monoisotopic (exact) mass is 271 g/mol. The first-order valence-corrected chi connectivity index (χ1v) is 6.72. The van der Waals surface area contributed by atoms with Crippen LogP contribution in [0.4, 0.5) is 0 Å². The minimum Gasteiger partial charge on any atom is -0.491 e. The van der Waals surface area contributed by atoms with E-state index in [9.17, 15) is 0 Å². The van der Waals surface area contributed by atoms with Crippen molar-refractivity contribution in [2.45, 2.75) is 12.5 Å². The number of hydrogen-bond donors (Lipinski definition) is 1. The largest absolute Gasteiger partial charge is 0.491 e. The minimum absolute atomic E-state index is 0.512. The summed E-state index contributed by atoms with van der Waals surface area (Å²) in [5, 5.41) is 0. The van der Waals surface area contributed by atoms with Gasteiger partial charge in [0.05, 0.1) is 12.1 Å². The van der Waals surface area contributed by atoms with E-state index in [0.29, 0.717) is 13.2 Å². The first kappa shape index (κ1) is 14.6. The van der Waals surface area contributed by atoms with Gasteiger partial charge in [-0.1, -0.05) is 48.5 Å². The van der Waals surface area contributed by atoms with E-state index in [-0.39, 0.29) is 0 Å². The van der Waals surface area contributed by atoms with Crippen LogP contribution in [0.2, 0.25) is 0 Å². The summed E-state index contributed by atoms with van der Waals surface area (Å²) in [6, 6.07) is 17.9. The molecule has 0 aromatic heterocycles. The summed E-state index contributed by atoms with van der Waals surface area (Å²) >= 11 is 0. The van der Waals surface area contributed by atoms with Gasteiger partial charge in [0.25, 0.3) is 0 Å². The fraction of sp³-hybridized carbons (Fsp3) is 0.294. The van der Waals surface area contributed by atoms with E-state index in [0.717, 1.165) is 16.9 Å². The SMILES string of the molecule is COCCOc1ccccc1C(C)(N)c1ccccc1. The molecule has 3 nitrogen and oxygen atoms in total. The van der Waals surface area contributed by atoms with Gasteiger partial charge in [0.2, 0.25) is 0 Å². The predicted octanol–water partition coefficient (Wildman–Crippen LogP) is 2.93. The lowest BCUT2D eigenvalue weighted by Crippen LogP contribution is -2.34. The highest BCUT2D eigenvalue weighted by molar-refractivity contribution is 5.45. The summed E-state index contributed by atoms with van der Waals surface area (Å²) < 4.78 is 10.8. The number of para-hydroxylation sites is 1. The summed E-state index contributed by atoms with van der Waals surface area (Å²) in [5.74, 6) is 0.804. The predicted molar refractivity (Wildman–Crippen MR) is 80.9 cm³/mol. The van der Waals surface area contributed by atoms with Crippen molar-refractivity contribution in [1.29, 1.82) is 0 Å². The van der Waals surface area contributed by atoms with Crippen molar-refractivity contribution in [3.8, 4) is 5.75 Å². The highest BCUT2D eigenvalue weighted by atomic mass is 16.5. The maximum Gasteiger partial charge on any atom is 0.124 e. The highest BCUT2D eigenvalue weighted by Crippen LogP contribution is 2.33. The maximum absolute atomic E-state index is 6.55. The average molecular weight is 271 g/mol. The Morgan fingerprint density at radius 1 is 0.950 bits per heavy atom. The summed E-state index contributed by atoms with van der Waals surface area (Å²) in [4.78, 5) is 0. The van der Waals surface area contributed by atoms with E-state index in [1.807, 2.05) is 61.5 Å². The van der Waals surface area contributed by atoms with Crippen LogP contribution in [0.25, 0.3) is 0 Å². The van der Waals surface area contributed by atoms with Crippen molar-refractivity contribution >= 4 is 0 Å². The van der Waals surface area contributed by atoms with E-state index in [1.165, 1.54) is 0 Å². The first-order valence-electron chi connectivity index (χ1n) is 6.72. The molecule has 106 valence electrons. The van der Waals surface area contributed by atoms with Crippen LogP contribution in [0.3, 0.4) is 0 Å². The van der Waals surface area contributed by atoms with Crippen molar-refractivity contribution in [3.05, 3.63) is 65.7 Å². The van der Waals surface area contributed by atoms with Crippen LogP contribution in [-0.2, 0) is 10.3 Å². The van der Waals surface area contributed by atoms with Gasteiger partial charge in [-0.05, 0) is 18.6 Å². The Kier molecular flexibility index (Phi) is 4.77. The normalized spacial score (nSPS) is 13.8. The molecule has 0 spiro atoms. The highest BCUT2D eigenvalue weighted by Gasteiger charge is 2.26. The molecule has 0 aliphatic carbocycles. The molecule has 1 atom stereocenters. The van der Waals surface area contributed by atoms with E-state index in [1.54, 1.807) is 7.11 Å². The molecule has 0 radical (unpaired) electrons. The Morgan fingerprint density at radius 2 is 1.60 bits per heavy atom. The number of methoxy groups -OCH3 is 1. The van der Waals surface area contributed by atoms with Crippen LogP contribution in [0.15, 0.2) is 54.6 Å². The third kappa shape index (κ3) is 3.18. The molecule has 0 bridgehead atoms. The van der Waals surface area contributed by atoms with Gasteiger partial charge in [-0.25, -0.2) is 0 Å². The van der Waals surface area contributed by atoms with Gasteiger partial charge in [0, 0.05) is 12.7 Å². The Labute approximate surface area is 120 Å². The smallest absolute Gasteiger partial charge is 0.124 e. The second-order valence-electron chi connectivity index (χ2n) is 4.91. The number of ether oxygens (including phenoxy) is 2. The second kappa shape index (κ2) is 6.55. The average Bonchev–Trinajstić information content (AvgIpc) is 2.49. The molecule has 0 aliphatic heterocycles. The first-order chi connectivity index (χ1) is 9.66. The zero-order chi connectivity index (χ0) is 14.4. The lowest BCUT2D eigenvalue weighted by atomic mass is 9.85. The molecule has 0 saturated carbocycles. The number of benzene rings is 2. The standard InChI is InChI=1S/C17H21NO2/c1-17(18,14-8-4-3-5-9-14)15-10-6-7-11-16(15)20-13-12-19-2/h3-11H,12-13,18H2,1-2H3. The Hall–Kier alpha value is -1.84. The zero-order valence-corrected chi connectivity index (χ0v) is 12.0. The summed E-state index contributed by atoms with van der Waals surface area (Å²) in [6.07, 6.45) is 0. The molecule has 0 saturated heterocycles. The van der Waals surface area contributed by atoms with E-state index in [4.69, 9.17) is 15.2 Å². The number of hydrogen-bond acceptors (Lipinski definition) is 3. The van der Waals surface area contributed by atoms with E-state index >= 15 is 0 Å². The van der Waals surface area contributed by atoms with Crippen molar-refractivity contribution in [3.63, 3.8) is 0 Å². The quantitative estimate of drug-likeness (QED) is 0.822. The van der Waals surface area contributed by atoms with Gasteiger partial charge < -0.3 is 15.2 Å². The zero-order valence-electron chi connectivity index (χ0n) is 12.0. The minimum atomic E-state index is -0.592. The molecule has 0 fully saturated rings. The Balaban J connectivity index is 2.31. The van der Waals surface area contributed by atoms with Crippen molar-refractivity contribution < 1.29 is 9.47 Å². The molecule has 2 rings (SSSR count). The van der Waals surface area contributed by atoms with Crippen LogP contribution in [0, 0.1) is 0 Å². The van der Waals surface area contributed by atoms with Gasteiger partial charge in [-0.15, -0.1) is 0 Å². The maximum atomic E-state index is 6.55. The lowest BCUT2D eigenvalue weighted by molar-refractivity contribution is 0.145. The van der Waals surface area contributed by atoms with Crippen LogP contribution in [0.5, 0.6) is 5.75 Å². The fourth-order valence-electron chi connectivity index (χ4n) is 2.20. The van der Waals surface area contributed by atoms with Crippen LogP contribution >= 0.6 is 0 Å². The van der Waals surface area contributed by atoms with Gasteiger partial charge in [0.15, 0.2) is 0 Å². The molecular formula is C17H21NO2. The fourth-order valence-corrected chi connectivity index (χ4v) is 2.20. The molecule has 0 amide bonds. The third-order valence-corrected chi connectivity index (χ3v) is 3.37. The molecule has 0 aliphatic rings. The van der Waals surface area contributed by atoms with Gasteiger partial charge in [-0.3, -0.25) is 0 Å². The van der Waals surface area contributed by atoms with Crippen molar-refractivity contribution in [1.82, 2.24) is 0 Å². The topological polar surface area (TPSA) is 44.5 Å².